The summed E-state index contributed by atoms with van der Waals surface area (Å²) in [5.41, 5.74) is 0. The first kappa shape index (κ1) is 16.2. The van der Waals surface area contributed by atoms with Gasteiger partial charge in [0.05, 0.1) is 24.2 Å². The fourth-order valence-corrected chi connectivity index (χ4v) is 2.94. The van der Waals surface area contributed by atoms with E-state index >= 15 is 0 Å². The maximum absolute atomic E-state index is 11.9. The molecule has 0 aromatic carbocycles. The standard InChI is InChI=1S/C12H24N2O4S/c1-10(2)8-18-9-11(3)13-12(15)14-4-6-19(16,17)7-5-14/h10-11H,4-9H2,1-3H3,(H,13,15)/t11-/m1/s1. The highest BCUT2D eigenvalue weighted by Crippen LogP contribution is 2.04. The topological polar surface area (TPSA) is 75.7 Å². The highest BCUT2D eigenvalue weighted by atomic mass is 32.2. The Hall–Kier alpha value is -0.820. The monoisotopic (exact) mass is 292 g/mol. The van der Waals surface area contributed by atoms with Crippen LogP contribution in [-0.2, 0) is 14.6 Å². The van der Waals surface area contributed by atoms with Crippen molar-refractivity contribution in [3.63, 3.8) is 0 Å². The van der Waals surface area contributed by atoms with E-state index in [-0.39, 0.29) is 36.7 Å². The van der Waals surface area contributed by atoms with Crippen molar-refractivity contribution in [2.75, 3.05) is 37.8 Å². The largest absolute Gasteiger partial charge is 0.379 e. The minimum atomic E-state index is -2.95. The Morgan fingerprint density at radius 1 is 1.21 bits per heavy atom. The van der Waals surface area contributed by atoms with Gasteiger partial charge in [-0.25, -0.2) is 13.2 Å². The van der Waals surface area contributed by atoms with Crippen molar-refractivity contribution >= 4 is 15.9 Å². The molecule has 2 amide bonds. The summed E-state index contributed by atoms with van der Waals surface area (Å²) >= 11 is 0. The summed E-state index contributed by atoms with van der Waals surface area (Å²) in [5.74, 6) is 0.576. The number of sulfone groups is 1. The number of carbonyl (C=O) groups is 1. The second-order valence-corrected chi connectivity index (χ2v) is 7.72. The summed E-state index contributed by atoms with van der Waals surface area (Å²) in [6.07, 6.45) is 0. The van der Waals surface area contributed by atoms with Gasteiger partial charge >= 0.3 is 6.03 Å². The van der Waals surface area contributed by atoms with Crippen LogP contribution in [0.5, 0.6) is 0 Å². The van der Waals surface area contributed by atoms with E-state index in [0.717, 1.165) is 0 Å². The summed E-state index contributed by atoms with van der Waals surface area (Å²) in [6.45, 7) is 7.69. The Kier molecular flexibility index (Phi) is 6.06. The molecule has 112 valence electrons. The van der Waals surface area contributed by atoms with E-state index < -0.39 is 9.84 Å². The zero-order valence-corrected chi connectivity index (χ0v) is 12.7. The van der Waals surface area contributed by atoms with E-state index in [9.17, 15) is 13.2 Å². The third-order valence-electron chi connectivity index (χ3n) is 2.82. The van der Waals surface area contributed by atoms with Gasteiger partial charge in [0.15, 0.2) is 9.84 Å². The van der Waals surface area contributed by atoms with Gasteiger partial charge in [-0.05, 0) is 12.8 Å². The summed E-state index contributed by atoms with van der Waals surface area (Å²) < 4.78 is 28.0. The molecule has 0 radical (unpaired) electrons. The van der Waals surface area contributed by atoms with Gasteiger partial charge in [-0.2, -0.15) is 0 Å². The van der Waals surface area contributed by atoms with Crippen molar-refractivity contribution < 1.29 is 17.9 Å². The molecule has 19 heavy (non-hydrogen) atoms. The molecule has 0 spiro atoms. The maximum atomic E-state index is 11.9. The van der Waals surface area contributed by atoms with Crippen LogP contribution in [0, 0.1) is 5.92 Å². The molecule has 0 unspecified atom stereocenters. The molecule has 0 aromatic heterocycles. The van der Waals surface area contributed by atoms with Crippen molar-refractivity contribution in [3.8, 4) is 0 Å². The lowest BCUT2D eigenvalue weighted by Gasteiger charge is -2.28. The molecule has 1 saturated heterocycles. The minimum Gasteiger partial charge on any atom is -0.379 e. The van der Waals surface area contributed by atoms with Gasteiger partial charge in [-0.3, -0.25) is 0 Å². The summed E-state index contributed by atoms with van der Waals surface area (Å²) in [5, 5.41) is 2.82. The molecule has 0 saturated carbocycles. The average molecular weight is 292 g/mol. The molecule has 1 fully saturated rings. The molecule has 1 aliphatic rings. The van der Waals surface area contributed by atoms with Gasteiger partial charge in [0, 0.05) is 19.7 Å². The van der Waals surface area contributed by atoms with Crippen molar-refractivity contribution in [2.24, 2.45) is 5.92 Å². The number of carbonyl (C=O) groups excluding carboxylic acids is 1. The van der Waals surface area contributed by atoms with Crippen molar-refractivity contribution in [2.45, 2.75) is 26.8 Å². The molecule has 0 bridgehead atoms. The summed E-state index contributed by atoms with van der Waals surface area (Å²) in [7, 11) is -2.95. The Bertz CT molecular complexity index is 381. The molecular formula is C12H24N2O4S. The second kappa shape index (κ2) is 7.09. The average Bonchev–Trinajstić information content (AvgIpc) is 2.27. The van der Waals surface area contributed by atoms with Crippen molar-refractivity contribution in [1.82, 2.24) is 10.2 Å². The molecule has 1 heterocycles. The normalized spacial score (nSPS) is 20.3. The number of hydrogen-bond donors (Lipinski definition) is 1. The lowest BCUT2D eigenvalue weighted by atomic mass is 10.2. The van der Waals surface area contributed by atoms with Gasteiger partial charge in [-0.15, -0.1) is 0 Å². The maximum Gasteiger partial charge on any atom is 0.317 e. The number of amides is 2. The predicted octanol–water partition coefficient (Wildman–Crippen LogP) is 0.488. The number of urea groups is 1. The molecule has 0 aliphatic carbocycles. The minimum absolute atomic E-state index is 0.0542. The Morgan fingerprint density at radius 3 is 2.32 bits per heavy atom. The SMILES string of the molecule is CC(C)COC[C@@H](C)NC(=O)N1CCS(=O)(=O)CC1. The van der Waals surface area contributed by atoms with Crippen molar-refractivity contribution in [1.29, 1.82) is 0 Å². The van der Waals surface area contributed by atoms with E-state index in [1.165, 1.54) is 0 Å². The Labute approximate surface area is 115 Å². The number of nitrogens with zero attached hydrogens (tertiary/aromatic N) is 1. The Morgan fingerprint density at radius 2 is 1.79 bits per heavy atom. The molecule has 0 aromatic rings. The van der Waals surface area contributed by atoms with Gasteiger partial charge in [0.25, 0.3) is 0 Å². The highest BCUT2D eigenvalue weighted by molar-refractivity contribution is 7.91. The van der Waals surface area contributed by atoms with Gasteiger partial charge < -0.3 is 15.0 Å². The lowest BCUT2D eigenvalue weighted by Crippen LogP contribution is -2.50. The molecule has 1 N–H and O–H groups in total. The van der Waals surface area contributed by atoms with Crippen molar-refractivity contribution in [3.05, 3.63) is 0 Å². The fraction of sp³-hybridized carbons (Fsp3) is 0.917. The van der Waals surface area contributed by atoms with Crippen LogP contribution in [0.25, 0.3) is 0 Å². The summed E-state index contributed by atoms with van der Waals surface area (Å²) in [4.78, 5) is 13.4. The zero-order chi connectivity index (χ0) is 14.5. The number of nitrogens with one attached hydrogen (secondary N) is 1. The van der Waals surface area contributed by atoms with Crippen LogP contribution in [0.3, 0.4) is 0 Å². The fourth-order valence-electron chi connectivity index (χ4n) is 1.74. The second-order valence-electron chi connectivity index (χ2n) is 5.42. The molecule has 6 nitrogen and oxygen atoms in total. The van der Waals surface area contributed by atoms with E-state index in [0.29, 0.717) is 19.1 Å². The van der Waals surface area contributed by atoms with E-state index in [2.05, 4.69) is 19.2 Å². The summed E-state index contributed by atoms with van der Waals surface area (Å²) in [6, 6.07) is -0.291. The molecule has 1 atom stereocenters. The number of hydrogen-bond acceptors (Lipinski definition) is 4. The first-order valence-corrected chi connectivity index (χ1v) is 8.46. The molecular weight excluding hydrogens is 268 g/mol. The first-order chi connectivity index (χ1) is 8.80. The van der Waals surface area contributed by atoms with Crippen LogP contribution in [0.15, 0.2) is 0 Å². The third-order valence-corrected chi connectivity index (χ3v) is 4.43. The third kappa shape index (κ3) is 6.24. The molecule has 1 aliphatic heterocycles. The van der Waals surface area contributed by atoms with Crippen LogP contribution >= 0.6 is 0 Å². The van der Waals surface area contributed by atoms with Gasteiger partial charge in [0.1, 0.15) is 0 Å². The lowest BCUT2D eigenvalue weighted by molar-refractivity contribution is 0.0934. The Balaban J connectivity index is 2.27. The number of ether oxygens (including phenoxy) is 1. The molecule has 7 heteroatoms. The quantitative estimate of drug-likeness (QED) is 0.800. The van der Waals surface area contributed by atoms with E-state index in [4.69, 9.17) is 4.74 Å². The zero-order valence-electron chi connectivity index (χ0n) is 11.9. The smallest absolute Gasteiger partial charge is 0.317 e. The van der Waals surface area contributed by atoms with Crippen LogP contribution in [0.1, 0.15) is 20.8 Å². The molecule has 1 rings (SSSR count). The van der Waals surface area contributed by atoms with Gasteiger partial charge in [0.2, 0.25) is 0 Å². The first-order valence-electron chi connectivity index (χ1n) is 6.64. The van der Waals surface area contributed by atoms with Crippen LogP contribution in [0.2, 0.25) is 0 Å². The van der Waals surface area contributed by atoms with Gasteiger partial charge in [-0.1, -0.05) is 13.8 Å². The van der Waals surface area contributed by atoms with E-state index in [1.54, 1.807) is 4.90 Å². The van der Waals surface area contributed by atoms with Crippen LogP contribution in [-0.4, -0.2) is 63.2 Å². The van der Waals surface area contributed by atoms with Crippen LogP contribution < -0.4 is 5.32 Å². The number of rotatable bonds is 5. The highest BCUT2D eigenvalue weighted by Gasteiger charge is 2.25. The van der Waals surface area contributed by atoms with E-state index in [1.807, 2.05) is 6.92 Å². The van der Waals surface area contributed by atoms with Crippen LogP contribution in [0.4, 0.5) is 4.79 Å². The predicted molar refractivity (Wildman–Crippen MR) is 73.9 cm³/mol.